The van der Waals surface area contributed by atoms with Crippen molar-refractivity contribution in [2.24, 2.45) is 0 Å². The number of esters is 1. The molecule has 1 N–H and O–H groups in total. The first-order valence-corrected chi connectivity index (χ1v) is 9.48. The van der Waals surface area contributed by atoms with E-state index < -0.39 is 5.97 Å². The molecule has 0 aromatic heterocycles. The van der Waals surface area contributed by atoms with Crippen molar-refractivity contribution in [1.29, 1.82) is 0 Å². The molecule has 0 fully saturated rings. The standard InChI is InChI=1S/C22H18BrNO5/c1-27-17-12-8-16(9-13-17)24-22(26)15-6-10-18(11-7-15)29-21(25)14-28-20-5-3-2-4-19(20)23/h2-13H,14H2,1H3,(H,24,26). The van der Waals surface area contributed by atoms with Crippen molar-refractivity contribution in [2.75, 3.05) is 19.0 Å². The van der Waals surface area contributed by atoms with E-state index in [1.807, 2.05) is 12.1 Å². The Bertz CT molecular complexity index is 987. The number of anilines is 1. The fourth-order valence-electron chi connectivity index (χ4n) is 2.41. The fourth-order valence-corrected chi connectivity index (χ4v) is 2.81. The number of benzene rings is 3. The molecule has 0 aliphatic rings. The van der Waals surface area contributed by atoms with Gasteiger partial charge in [0.1, 0.15) is 17.2 Å². The minimum absolute atomic E-state index is 0.234. The number of carbonyl (C=O) groups is 2. The summed E-state index contributed by atoms with van der Waals surface area (Å²) in [5, 5.41) is 2.79. The number of hydrogen-bond acceptors (Lipinski definition) is 5. The molecule has 1 amide bonds. The molecule has 0 aliphatic heterocycles. The highest BCUT2D eigenvalue weighted by Crippen LogP contribution is 2.24. The first-order valence-electron chi connectivity index (χ1n) is 8.68. The molecule has 0 unspecified atom stereocenters. The average molecular weight is 456 g/mol. The van der Waals surface area contributed by atoms with E-state index in [2.05, 4.69) is 21.2 Å². The molecule has 0 atom stereocenters. The monoisotopic (exact) mass is 455 g/mol. The molecule has 29 heavy (non-hydrogen) atoms. The maximum Gasteiger partial charge on any atom is 0.349 e. The van der Waals surface area contributed by atoms with E-state index in [4.69, 9.17) is 14.2 Å². The van der Waals surface area contributed by atoms with E-state index in [-0.39, 0.29) is 12.5 Å². The molecule has 0 saturated carbocycles. The first-order chi connectivity index (χ1) is 14.0. The molecule has 3 aromatic carbocycles. The van der Waals surface area contributed by atoms with E-state index in [0.717, 1.165) is 4.47 Å². The van der Waals surface area contributed by atoms with Crippen LogP contribution in [-0.4, -0.2) is 25.6 Å². The zero-order valence-corrected chi connectivity index (χ0v) is 17.1. The average Bonchev–Trinajstić information content (AvgIpc) is 2.74. The second-order valence-electron chi connectivity index (χ2n) is 5.90. The number of rotatable bonds is 7. The molecule has 3 aromatic rings. The Hall–Kier alpha value is -3.32. The second kappa shape index (κ2) is 9.75. The van der Waals surface area contributed by atoms with Crippen LogP contribution in [0.5, 0.6) is 17.2 Å². The summed E-state index contributed by atoms with van der Waals surface area (Å²) in [6, 6.07) is 20.5. The SMILES string of the molecule is COc1ccc(NC(=O)c2ccc(OC(=O)COc3ccccc3Br)cc2)cc1. The van der Waals surface area contributed by atoms with E-state index in [0.29, 0.717) is 28.5 Å². The van der Waals surface area contributed by atoms with Gasteiger partial charge in [0, 0.05) is 11.3 Å². The molecule has 0 spiro atoms. The summed E-state index contributed by atoms with van der Waals surface area (Å²) < 4.78 is 16.5. The van der Waals surface area contributed by atoms with Crippen LogP contribution in [0.1, 0.15) is 10.4 Å². The van der Waals surface area contributed by atoms with Crippen LogP contribution < -0.4 is 19.5 Å². The van der Waals surface area contributed by atoms with Crippen LogP contribution in [0.2, 0.25) is 0 Å². The molecular formula is C22H18BrNO5. The lowest BCUT2D eigenvalue weighted by molar-refractivity contribution is -0.136. The van der Waals surface area contributed by atoms with Gasteiger partial charge in [-0.2, -0.15) is 0 Å². The second-order valence-corrected chi connectivity index (χ2v) is 6.75. The number of nitrogens with one attached hydrogen (secondary N) is 1. The van der Waals surface area contributed by atoms with Crippen LogP contribution in [-0.2, 0) is 4.79 Å². The summed E-state index contributed by atoms with van der Waals surface area (Å²) >= 11 is 3.34. The molecule has 148 valence electrons. The van der Waals surface area contributed by atoms with Gasteiger partial charge in [0.15, 0.2) is 6.61 Å². The van der Waals surface area contributed by atoms with Crippen molar-refractivity contribution < 1.29 is 23.8 Å². The molecule has 0 radical (unpaired) electrons. The quantitative estimate of drug-likeness (QED) is 0.413. The highest BCUT2D eigenvalue weighted by molar-refractivity contribution is 9.10. The molecular weight excluding hydrogens is 438 g/mol. The Labute approximate surface area is 176 Å². The van der Waals surface area contributed by atoms with Crippen molar-refractivity contribution >= 4 is 33.5 Å². The number of para-hydroxylation sites is 1. The highest BCUT2D eigenvalue weighted by atomic mass is 79.9. The van der Waals surface area contributed by atoms with E-state index >= 15 is 0 Å². The number of ether oxygens (including phenoxy) is 3. The van der Waals surface area contributed by atoms with E-state index in [1.54, 1.807) is 67.8 Å². The lowest BCUT2D eigenvalue weighted by Gasteiger charge is -2.09. The number of hydrogen-bond donors (Lipinski definition) is 1. The van der Waals surface area contributed by atoms with Gasteiger partial charge in [-0.25, -0.2) is 4.79 Å². The van der Waals surface area contributed by atoms with Gasteiger partial charge in [-0.15, -0.1) is 0 Å². The summed E-state index contributed by atoms with van der Waals surface area (Å²) in [5.41, 5.74) is 1.08. The highest BCUT2D eigenvalue weighted by Gasteiger charge is 2.10. The number of carbonyl (C=O) groups excluding carboxylic acids is 2. The summed E-state index contributed by atoms with van der Waals surface area (Å²) in [6.45, 7) is -0.234. The predicted octanol–water partition coefficient (Wildman–Crippen LogP) is 4.69. The molecule has 7 heteroatoms. The van der Waals surface area contributed by atoms with E-state index in [1.165, 1.54) is 0 Å². The van der Waals surface area contributed by atoms with Crippen molar-refractivity contribution in [3.05, 3.63) is 82.8 Å². The summed E-state index contributed by atoms with van der Waals surface area (Å²) in [5.74, 6) is 0.765. The zero-order valence-electron chi connectivity index (χ0n) is 15.6. The van der Waals surface area contributed by atoms with Gasteiger partial charge < -0.3 is 19.5 Å². The summed E-state index contributed by atoms with van der Waals surface area (Å²) in [7, 11) is 1.58. The van der Waals surface area contributed by atoms with Crippen molar-refractivity contribution in [2.45, 2.75) is 0 Å². The normalized spacial score (nSPS) is 10.1. The third kappa shape index (κ3) is 5.83. The van der Waals surface area contributed by atoms with E-state index in [9.17, 15) is 9.59 Å². The Morgan fingerprint density at radius 1 is 0.897 bits per heavy atom. The lowest BCUT2D eigenvalue weighted by atomic mass is 10.2. The zero-order chi connectivity index (χ0) is 20.6. The Balaban J connectivity index is 1.53. The van der Waals surface area contributed by atoms with Gasteiger partial charge in [-0.05, 0) is 76.6 Å². The van der Waals surface area contributed by atoms with Crippen LogP contribution >= 0.6 is 15.9 Å². The summed E-state index contributed by atoms with van der Waals surface area (Å²) in [4.78, 5) is 24.3. The number of halogens is 1. The third-order valence-electron chi connectivity index (χ3n) is 3.88. The Morgan fingerprint density at radius 2 is 1.55 bits per heavy atom. The fraction of sp³-hybridized carbons (Fsp3) is 0.0909. The lowest BCUT2D eigenvalue weighted by Crippen LogP contribution is -2.18. The van der Waals surface area contributed by atoms with Crippen LogP contribution in [0.3, 0.4) is 0 Å². The maximum absolute atomic E-state index is 12.3. The number of methoxy groups -OCH3 is 1. The predicted molar refractivity (Wildman–Crippen MR) is 113 cm³/mol. The Kier molecular flexibility index (Phi) is 6.86. The van der Waals surface area contributed by atoms with Crippen LogP contribution in [0.15, 0.2) is 77.3 Å². The van der Waals surface area contributed by atoms with Crippen LogP contribution in [0, 0.1) is 0 Å². The Morgan fingerprint density at radius 3 is 2.21 bits per heavy atom. The van der Waals surface area contributed by atoms with Crippen LogP contribution in [0.4, 0.5) is 5.69 Å². The molecule has 0 saturated heterocycles. The minimum Gasteiger partial charge on any atom is -0.497 e. The molecule has 6 nitrogen and oxygen atoms in total. The largest absolute Gasteiger partial charge is 0.497 e. The minimum atomic E-state index is -0.545. The molecule has 0 heterocycles. The molecule has 3 rings (SSSR count). The van der Waals surface area contributed by atoms with Gasteiger partial charge >= 0.3 is 5.97 Å². The smallest absolute Gasteiger partial charge is 0.349 e. The van der Waals surface area contributed by atoms with Crippen molar-refractivity contribution in [3.63, 3.8) is 0 Å². The molecule has 0 bridgehead atoms. The van der Waals surface area contributed by atoms with Gasteiger partial charge in [0.05, 0.1) is 11.6 Å². The van der Waals surface area contributed by atoms with Crippen LogP contribution in [0.25, 0.3) is 0 Å². The number of amides is 1. The molecule has 0 aliphatic carbocycles. The third-order valence-corrected chi connectivity index (χ3v) is 4.53. The van der Waals surface area contributed by atoms with Gasteiger partial charge in [0.25, 0.3) is 5.91 Å². The van der Waals surface area contributed by atoms with Gasteiger partial charge in [-0.3, -0.25) is 4.79 Å². The van der Waals surface area contributed by atoms with Gasteiger partial charge in [-0.1, -0.05) is 12.1 Å². The van der Waals surface area contributed by atoms with Gasteiger partial charge in [0.2, 0.25) is 0 Å². The topological polar surface area (TPSA) is 73.9 Å². The van der Waals surface area contributed by atoms with Crippen molar-refractivity contribution in [1.82, 2.24) is 0 Å². The van der Waals surface area contributed by atoms with Crippen molar-refractivity contribution in [3.8, 4) is 17.2 Å². The summed E-state index contributed by atoms with van der Waals surface area (Å²) in [6.07, 6.45) is 0. The maximum atomic E-state index is 12.3. The first kappa shape index (κ1) is 20.4.